The van der Waals surface area contributed by atoms with Crippen molar-refractivity contribution in [1.29, 1.82) is 0 Å². The first-order chi connectivity index (χ1) is 45.6. The number of aromatic nitrogens is 1. The molecule has 10 amide bonds. The van der Waals surface area contributed by atoms with Gasteiger partial charge in [0.15, 0.2) is 0 Å². The van der Waals surface area contributed by atoms with Gasteiger partial charge in [0.25, 0.3) is 0 Å². The number of aliphatic hydroxyl groups is 1. The number of phenols is 1. The number of hydrogen-bond donors (Lipinski definition) is 15. The molecule has 0 fully saturated rings. The summed E-state index contributed by atoms with van der Waals surface area (Å²) in [4.78, 5) is 141. The molecule has 0 saturated carbocycles. The fourth-order valence-corrected chi connectivity index (χ4v) is 12.3. The first-order valence-corrected chi connectivity index (χ1v) is 35.5. The highest BCUT2D eigenvalue weighted by atomic mass is 32.2. The summed E-state index contributed by atoms with van der Waals surface area (Å²) in [5.74, 6) is -7.98. The maximum absolute atomic E-state index is 15.2. The number of amides is 10. The summed E-state index contributed by atoms with van der Waals surface area (Å²) in [6, 6.07) is 10.4. The SMILES string of the molecule is CCCCCCCCCCCCCCCCC(N)C(=O)N[C@H](Cc1ccccc1)C(=O)N[C@@H](CSCNC(C)=O)C(=O)N[C@H](C(=O)N[C@@H](Cc1c[nH]c2ccccc12)C(=O)N[C@@H](CCCCN)C(=O)N[C@@H](CSCNC(C)=O)C(=O)N[C@H](C(N)=O)[C@@H](C)O)c1ccc(O)cc1. The van der Waals surface area contributed by atoms with Crippen molar-refractivity contribution in [2.45, 2.75) is 211 Å². The van der Waals surface area contributed by atoms with Crippen molar-refractivity contribution < 1.29 is 58.2 Å². The Labute approximate surface area is 566 Å². The van der Waals surface area contributed by atoms with Crippen LogP contribution in [0.1, 0.15) is 166 Å². The number of fused-ring (bicyclic) bond motifs is 1. The molecule has 25 nitrogen and oxygen atoms in total. The minimum Gasteiger partial charge on any atom is -0.508 e. The summed E-state index contributed by atoms with van der Waals surface area (Å²) < 4.78 is 0. The number of rotatable bonds is 48. The van der Waals surface area contributed by atoms with E-state index in [4.69, 9.17) is 17.2 Å². The summed E-state index contributed by atoms with van der Waals surface area (Å²) in [5.41, 5.74) is 19.9. The molecule has 1 aromatic heterocycles. The van der Waals surface area contributed by atoms with Crippen LogP contribution in [0.2, 0.25) is 0 Å². The molecule has 27 heteroatoms. The highest BCUT2D eigenvalue weighted by Crippen LogP contribution is 2.23. The maximum Gasteiger partial charge on any atom is 0.247 e. The van der Waals surface area contributed by atoms with Crippen LogP contribution < -0.4 is 65.1 Å². The van der Waals surface area contributed by atoms with Gasteiger partial charge in [-0.05, 0) is 74.0 Å². The van der Waals surface area contributed by atoms with Crippen molar-refractivity contribution in [3.63, 3.8) is 0 Å². The normalized spacial score (nSPS) is 14.1. The van der Waals surface area contributed by atoms with Crippen molar-refractivity contribution in [2.24, 2.45) is 17.2 Å². The van der Waals surface area contributed by atoms with Gasteiger partial charge in [-0.15, -0.1) is 23.5 Å². The van der Waals surface area contributed by atoms with Crippen molar-refractivity contribution in [3.05, 3.63) is 102 Å². The molecule has 0 saturated heterocycles. The van der Waals surface area contributed by atoms with E-state index in [-0.39, 0.29) is 72.2 Å². The van der Waals surface area contributed by atoms with Crippen LogP contribution >= 0.6 is 23.5 Å². The van der Waals surface area contributed by atoms with Crippen LogP contribution in [0.25, 0.3) is 10.9 Å². The molecule has 18 N–H and O–H groups in total. The molecule has 9 atom stereocenters. The van der Waals surface area contributed by atoms with E-state index in [2.05, 4.69) is 59.8 Å². The van der Waals surface area contributed by atoms with E-state index in [9.17, 15) is 48.6 Å². The molecule has 0 spiro atoms. The van der Waals surface area contributed by atoms with Crippen LogP contribution in [-0.2, 0) is 60.8 Å². The first kappa shape index (κ1) is 79.7. The number of primary amides is 1. The maximum atomic E-state index is 15.2. The van der Waals surface area contributed by atoms with Crippen molar-refractivity contribution in [2.75, 3.05) is 29.8 Å². The topological polar surface area (TPSA) is 413 Å². The quantitative estimate of drug-likeness (QED) is 0.0217. The van der Waals surface area contributed by atoms with Gasteiger partial charge >= 0.3 is 0 Å². The average molecular weight is 1360 g/mol. The molecule has 524 valence electrons. The monoisotopic (exact) mass is 1360 g/mol. The molecular formula is C68H103N13O12S2. The smallest absolute Gasteiger partial charge is 0.247 e. The number of carbonyl (C=O) groups is 10. The minimum absolute atomic E-state index is 0.0155. The summed E-state index contributed by atoms with van der Waals surface area (Å²) in [6.07, 6.45) is 17.6. The Morgan fingerprint density at radius 2 is 0.979 bits per heavy atom. The Kier molecular flexibility index (Phi) is 37.6. The standard InChI is InChI=1S/C68H103N13O12S2/c1-5-6-7-8-9-10-11-12-13-14-15-16-17-21-29-52(70)62(87)76-55(37-47-26-19-18-20-27-47)64(89)79-58(41-95-43-74-46(4)84)67(92)81-60(48-32-34-50(85)35-33-48)68(93)77-56(38-49-39-72-53-30-23-22-28-51(49)53)65(90)75-54(31-24-25-36-69)63(88)78-57(40-94-42-73-45(3)83)66(91)80-59(44(2)82)61(71)86/h18-20,22-23,26-28,30,32-35,39,44,52,54-60,72,82,85H,5-17,21,24-25,29,31,36-38,40-43,69-70H2,1-4H3,(H2,71,86)(H,73,83)(H,74,84)(H,75,90)(H,76,87)(H,77,93)(H,78,88)(H,79,89)(H,80,91)(H,81,92)/t44-,52?,54+,55-,56+,57+,58+,59+,60+/m1/s1. The van der Waals surface area contributed by atoms with Crippen LogP contribution in [0.4, 0.5) is 0 Å². The van der Waals surface area contributed by atoms with Crippen LogP contribution in [0.5, 0.6) is 5.75 Å². The highest BCUT2D eigenvalue weighted by Gasteiger charge is 2.36. The molecular weight excluding hydrogens is 1250 g/mol. The second kappa shape index (κ2) is 44.9. The Hall–Kier alpha value is -7.72. The number of nitrogens with one attached hydrogen (secondary N) is 10. The van der Waals surface area contributed by atoms with E-state index >= 15 is 9.59 Å². The van der Waals surface area contributed by atoms with Crippen LogP contribution in [0, 0.1) is 0 Å². The third-order valence-electron chi connectivity index (χ3n) is 16.0. The Balaban J connectivity index is 1.63. The zero-order valence-electron chi connectivity index (χ0n) is 55.5. The van der Waals surface area contributed by atoms with E-state index in [1.807, 2.05) is 6.07 Å². The number of carbonyl (C=O) groups excluding carboxylic acids is 10. The number of H-pyrrole nitrogens is 1. The van der Waals surface area contributed by atoms with E-state index in [1.54, 1.807) is 54.7 Å². The van der Waals surface area contributed by atoms with Gasteiger partial charge in [0, 0.05) is 55.3 Å². The van der Waals surface area contributed by atoms with Gasteiger partial charge in [-0.25, -0.2) is 0 Å². The predicted octanol–water partition coefficient (Wildman–Crippen LogP) is 4.27. The first-order valence-electron chi connectivity index (χ1n) is 33.2. The number of unbranched alkanes of at least 4 members (excludes halogenated alkanes) is 14. The number of phenolic OH excluding ortho intramolecular Hbond substituents is 1. The summed E-state index contributed by atoms with van der Waals surface area (Å²) in [7, 11) is 0. The zero-order chi connectivity index (χ0) is 69.5. The molecule has 4 aromatic rings. The molecule has 1 unspecified atom stereocenters. The lowest BCUT2D eigenvalue weighted by Gasteiger charge is -2.28. The highest BCUT2D eigenvalue weighted by molar-refractivity contribution is 7.99. The second-order valence-corrected chi connectivity index (χ2v) is 26.1. The molecule has 0 radical (unpaired) electrons. The fourth-order valence-electron chi connectivity index (χ4n) is 10.5. The van der Waals surface area contributed by atoms with Crippen molar-refractivity contribution >= 4 is 93.5 Å². The van der Waals surface area contributed by atoms with Crippen LogP contribution in [0.3, 0.4) is 0 Å². The van der Waals surface area contributed by atoms with Crippen LogP contribution in [0.15, 0.2) is 85.1 Å². The van der Waals surface area contributed by atoms with Crippen LogP contribution in [-0.4, -0.2) is 152 Å². The third-order valence-corrected chi connectivity index (χ3v) is 17.8. The number of benzene rings is 3. The summed E-state index contributed by atoms with van der Waals surface area (Å²) in [6.45, 7) is 6.30. The lowest BCUT2D eigenvalue weighted by Crippen LogP contribution is -2.60. The average Bonchev–Trinajstić information content (AvgIpc) is 1.83. The third kappa shape index (κ3) is 30.7. The molecule has 0 aliphatic rings. The van der Waals surface area contributed by atoms with E-state index in [1.165, 1.54) is 103 Å². The minimum atomic E-state index is -1.64. The molecule has 3 aromatic carbocycles. The lowest BCUT2D eigenvalue weighted by atomic mass is 10.0. The van der Waals surface area contributed by atoms with E-state index in [0.717, 1.165) is 49.2 Å². The van der Waals surface area contributed by atoms with Gasteiger partial charge in [-0.2, -0.15) is 0 Å². The van der Waals surface area contributed by atoms with Gasteiger partial charge in [0.2, 0.25) is 59.1 Å². The number of thioether (sulfide) groups is 2. The second-order valence-electron chi connectivity index (χ2n) is 24.0. The largest absolute Gasteiger partial charge is 0.508 e. The van der Waals surface area contributed by atoms with Crippen molar-refractivity contribution in [3.8, 4) is 5.75 Å². The van der Waals surface area contributed by atoms with Crippen molar-refractivity contribution in [1.82, 2.24) is 52.8 Å². The zero-order valence-corrected chi connectivity index (χ0v) is 57.1. The molecule has 0 aliphatic heterocycles. The molecule has 0 bridgehead atoms. The number of nitrogens with two attached hydrogens (primary N) is 3. The van der Waals surface area contributed by atoms with Gasteiger partial charge in [0.05, 0.1) is 23.9 Å². The summed E-state index contributed by atoms with van der Waals surface area (Å²) >= 11 is 2.14. The number of aromatic amines is 1. The number of aromatic hydroxyl groups is 1. The Morgan fingerprint density at radius 1 is 0.516 bits per heavy atom. The van der Waals surface area contributed by atoms with E-state index < -0.39 is 102 Å². The number of hydrogen-bond acceptors (Lipinski definition) is 16. The predicted molar refractivity (Wildman–Crippen MR) is 372 cm³/mol. The fraction of sp³-hybridized carbons (Fsp3) is 0.559. The molecule has 95 heavy (non-hydrogen) atoms. The number of para-hydroxylation sites is 1. The molecule has 1 heterocycles. The lowest BCUT2D eigenvalue weighted by molar-refractivity contribution is -0.135. The van der Waals surface area contributed by atoms with Gasteiger partial charge in [0.1, 0.15) is 48.0 Å². The van der Waals surface area contributed by atoms with Gasteiger partial charge < -0.3 is 80.2 Å². The Morgan fingerprint density at radius 3 is 1.52 bits per heavy atom. The number of aliphatic hydroxyl groups excluding tert-OH is 1. The van der Waals surface area contributed by atoms with Gasteiger partial charge in [-0.3, -0.25) is 47.9 Å². The van der Waals surface area contributed by atoms with E-state index in [0.29, 0.717) is 47.7 Å². The molecule has 0 aliphatic carbocycles. The molecule has 4 rings (SSSR count). The van der Waals surface area contributed by atoms with Gasteiger partial charge in [-0.1, -0.05) is 157 Å². The Bertz CT molecular complexity index is 3030. The summed E-state index contributed by atoms with van der Waals surface area (Å²) in [5, 5.41) is 45.5.